The molecule has 0 fully saturated rings. The maximum absolute atomic E-state index is 12.9. The van der Waals surface area contributed by atoms with E-state index in [4.69, 9.17) is 4.74 Å². The predicted molar refractivity (Wildman–Crippen MR) is 78.6 cm³/mol. The fourth-order valence-corrected chi connectivity index (χ4v) is 2.40. The van der Waals surface area contributed by atoms with Crippen LogP contribution in [-0.2, 0) is 6.54 Å². The molecule has 0 radical (unpaired) electrons. The molecule has 20 heavy (non-hydrogen) atoms. The molecule has 0 bridgehead atoms. The number of halogens is 1. The fraction of sp³-hybridized carbons (Fsp3) is 0.176. The lowest BCUT2D eigenvalue weighted by atomic mass is 10.2. The Labute approximate surface area is 117 Å². The average Bonchev–Trinajstić information content (AvgIpc) is 2.86. The second kappa shape index (κ2) is 5.37. The van der Waals surface area contributed by atoms with Gasteiger partial charge in [-0.3, -0.25) is 0 Å². The molecule has 0 saturated heterocycles. The zero-order valence-electron chi connectivity index (χ0n) is 11.3. The van der Waals surface area contributed by atoms with Crippen LogP contribution in [-0.4, -0.2) is 11.2 Å². The van der Waals surface area contributed by atoms with E-state index in [-0.39, 0.29) is 5.82 Å². The van der Waals surface area contributed by atoms with Crippen molar-refractivity contribution in [3.05, 3.63) is 66.1 Å². The first-order valence-electron chi connectivity index (χ1n) is 6.73. The molecule has 0 N–H and O–H groups in total. The van der Waals surface area contributed by atoms with Gasteiger partial charge in [0.2, 0.25) is 0 Å². The van der Waals surface area contributed by atoms with E-state index in [9.17, 15) is 4.39 Å². The molecule has 3 aromatic rings. The van der Waals surface area contributed by atoms with Crippen molar-refractivity contribution < 1.29 is 9.13 Å². The first-order valence-corrected chi connectivity index (χ1v) is 6.73. The molecule has 1 aromatic heterocycles. The number of hydrogen-bond donors (Lipinski definition) is 0. The lowest BCUT2D eigenvalue weighted by Gasteiger charge is -2.08. The van der Waals surface area contributed by atoms with Gasteiger partial charge in [-0.15, -0.1) is 0 Å². The van der Waals surface area contributed by atoms with Gasteiger partial charge in [0, 0.05) is 18.1 Å². The zero-order valence-corrected chi connectivity index (χ0v) is 11.3. The van der Waals surface area contributed by atoms with Crippen LogP contribution in [0.15, 0.2) is 54.7 Å². The molecule has 0 saturated carbocycles. The molecule has 0 aliphatic heterocycles. The van der Waals surface area contributed by atoms with E-state index >= 15 is 0 Å². The molecule has 2 nitrogen and oxygen atoms in total. The summed E-state index contributed by atoms with van der Waals surface area (Å²) in [5.41, 5.74) is 2.20. The Bertz CT molecular complexity index is 715. The molecule has 3 heteroatoms. The number of hydrogen-bond acceptors (Lipinski definition) is 1. The molecule has 1 heterocycles. The lowest BCUT2D eigenvalue weighted by Crippen LogP contribution is -1.98. The minimum Gasteiger partial charge on any atom is -0.493 e. The van der Waals surface area contributed by atoms with Crippen LogP contribution in [0.25, 0.3) is 10.9 Å². The van der Waals surface area contributed by atoms with Gasteiger partial charge in [0.25, 0.3) is 0 Å². The van der Waals surface area contributed by atoms with Gasteiger partial charge in [0.1, 0.15) is 11.6 Å². The Hall–Kier alpha value is -2.29. The van der Waals surface area contributed by atoms with Crippen molar-refractivity contribution in [1.29, 1.82) is 0 Å². The van der Waals surface area contributed by atoms with Crippen LogP contribution in [0.3, 0.4) is 0 Å². The largest absolute Gasteiger partial charge is 0.493 e. The molecule has 102 valence electrons. The SMILES string of the molecule is CCOc1cccc2c1ccn2Cc1ccc(F)cc1. The number of fused-ring (bicyclic) bond motifs is 1. The minimum atomic E-state index is -0.204. The standard InChI is InChI=1S/C17H16FNO/c1-2-20-17-5-3-4-16-15(17)10-11-19(16)12-13-6-8-14(18)9-7-13/h3-11H,2,12H2,1H3. The van der Waals surface area contributed by atoms with Gasteiger partial charge in [-0.05, 0) is 42.8 Å². The summed E-state index contributed by atoms with van der Waals surface area (Å²) in [4.78, 5) is 0. The molecule has 0 unspecified atom stereocenters. The highest BCUT2D eigenvalue weighted by atomic mass is 19.1. The smallest absolute Gasteiger partial charge is 0.128 e. The van der Waals surface area contributed by atoms with E-state index < -0.39 is 0 Å². The molecule has 0 aliphatic rings. The first-order chi connectivity index (χ1) is 9.78. The molecular formula is C17H16FNO. The van der Waals surface area contributed by atoms with Gasteiger partial charge >= 0.3 is 0 Å². The zero-order chi connectivity index (χ0) is 13.9. The number of nitrogens with zero attached hydrogens (tertiary/aromatic N) is 1. The minimum absolute atomic E-state index is 0.204. The summed E-state index contributed by atoms with van der Waals surface area (Å²) in [7, 11) is 0. The van der Waals surface area contributed by atoms with Crippen molar-refractivity contribution in [2.24, 2.45) is 0 Å². The number of rotatable bonds is 4. The molecule has 2 aromatic carbocycles. The fourth-order valence-electron chi connectivity index (χ4n) is 2.40. The summed E-state index contributed by atoms with van der Waals surface area (Å²) >= 11 is 0. The van der Waals surface area contributed by atoms with Gasteiger partial charge in [-0.2, -0.15) is 0 Å². The van der Waals surface area contributed by atoms with Gasteiger partial charge in [0.05, 0.1) is 12.1 Å². The van der Waals surface area contributed by atoms with Gasteiger partial charge in [-0.25, -0.2) is 4.39 Å². The van der Waals surface area contributed by atoms with Gasteiger partial charge in [0.15, 0.2) is 0 Å². The van der Waals surface area contributed by atoms with Crippen molar-refractivity contribution >= 4 is 10.9 Å². The number of aromatic nitrogens is 1. The third-order valence-electron chi connectivity index (χ3n) is 3.34. The van der Waals surface area contributed by atoms with Crippen molar-refractivity contribution in [3.8, 4) is 5.75 Å². The topological polar surface area (TPSA) is 14.2 Å². The van der Waals surface area contributed by atoms with Crippen molar-refractivity contribution in [2.45, 2.75) is 13.5 Å². The summed E-state index contributed by atoms with van der Waals surface area (Å²) in [5, 5.41) is 1.11. The molecule has 3 rings (SSSR count). The van der Waals surface area contributed by atoms with E-state index in [2.05, 4.69) is 16.7 Å². The van der Waals surface area contributed by atoms with Crippen LogP contribution in [0.1, 0.15) is 12.5 Å². The van der Waals surface area contributed by atoms with E-state index in [1.807, 2.05) is 37.4 Å². The first kappa shape index (κ1) is 12.7. The van der Waals surface area contributed by atoms with Gasteiger partial charge < -0.3 is 9.30 Å². The van der Waals surface area contributed by atoms with E-state index in [1.165, 1.54) is 12.1 Å². The Morgan fingerprint density at radius 2 is 1.85 bits per heavy atom. The quantitative estimate of drug-likeness (QED) is 0.691. The van der Waals surface area contributed by atoms with E-state index in [0.29, 0.717) is 6.61 Å². The summed E-state index contributed by atoms with van der Waals surface area (Å²) in [5.74, 6) is 0.701. The van der Waals surface area contributed by atoms with Crippen LogP contribution >= 0.6 is 0 Å². The van der Waals surface area contributed by atoms with Crippen molar-refractivity contribution in [2.75, 3.05) is 6.61 Å². The molecular weight excluding hydrogens is 253 g/mol. The Morgan fingerprint density at radius 3 is 2.60 bits per heavy atom. The molecule has 0 spiro atoms. The Morgan fingerprint density at radius 1 is 1.05 bits per heavy atom. The molecule has 0 atom stereocenters. The third kappa shape index (κ3) is 2.39. The van der Waals surface area contributed by atoms with Crippen LogP contribution in [0.5, 0.6) is 5.75 Å². The van der Waals surface area contributed by atoms with E-state index in [0.717, 1.165) is 28.8 Å². The molecule has 0 amide bonds. The predicted octanol–water partition coefficient (Wildman–Crippen LogP) is 4.23. The van der Waals surface area contributed by atoms with Crippen LogP contribution in [0.4, 0.5) is 4.39 Å². The summed E-state index contributed by atoms with van der Waals surface area (Å²) < 4.78 is 20.7. The van der Waals surface area contributed by atoms with Crippen molar-refractivity contribution in [3.63, 3.8) is 0 Å². The van der Waals surface area contributed by atoms with Crippen LogP contribution in [0.2, 0.25) is 0 Å². The lowest BCUT2D eigenvalue weighted by molar-refractivity contribution is 0.344. The highest BCUT2D eigenvalue weighted by Gasteiger charge is 2.06. The number of ether oxygens (including phenoxy) is 1. The van der Waals surface area contributed by atoms with E-state index in [1.54, 1.807) is 0 Å². The third-order valence-corrected chi connectivity index (χ3v) is 3.34. The Kier molecular flexibility index (Phi) is 3.42. The summed E-state index contributed by atoms with van der Waals surface area (Å²) in [6, 6.07) is 14.7. The monoisotopic (exact) mass is 269 g/mol. The second-order valence-electron chi connectivity index (χ2n) is 4.69. The maximum atomic E-state index is 12.9. The normalized spacial score (nSPS) is 10.9. The highest BCUT2D eigenvalue weighted by molar-refractivity contribution is 5.86. The van der Waals surface area contributed by atoms with Crippen LogP contribution in [0, 0.1) is 5.82 Å². The Balaban J connectivity index is 1.96. The summed E-state index contributed by atoms with van der Waals surface area (Å²) in [6.45, 7) is 3.36. The molecule has 0 aliphatic carbocycles. The summed E-state index contributed by atoms with van der Waals surface area (Å²) in [6.07, 6.45) is 2.04. The second-order valence-corrected chi connectivity index (χ2v) is 4.69. The maximum Gasteiger partial charge on any atom is 0.128 e. The van der Waals surface area contributed by atoms with Crippen LogP contribution < -0.4 is 4.74 Å². The highest BCUT2D eigenvalue weighted by Crippen LogP contribution is 2.27. The van der Waals surface area contributed by atoms with Crippen molar-refractivity contribution in [1.82, 2.24) is 4.57 Å². The number of benzene rings is 2. The van der Waals surface area contributed by atoms with Gasteiger partial charge in [-0.1, -0.05) is 18.2 Å². The average molecular weight is 269 g/mol.